The number of likely N-dealkylation sites (tertiary alicyclic amines) is 1. The third-order valence-corrected chi connectivity index (χ3v) is 4.34. The van der Waals surface area contributed by atoms with Gasteiger partial charge in [0.1, 0.15) is 5.54 Å². The minimum atomic E-state index is -0.201. The molecule has 1 aliphatic heterocycles. The largest absolute Gasteiger partial charge is 0.285 e. The van der Waals surface area contributed by atoms with E-state index in [1.165, 1.54) is 38.8 Å². The van der Waals surface area contributed by atoms with Crippen molar-refractivity contribution >= 4 is 0 Å². The number of nitrogens with zero attached hydrogens (tertiary/aromatic N) is 2. The Morgan fingerprint density at radius 2 is 1.93 bits per heavy atom. The number of hydrogen-bond acceptors (Lipinski definition) is 2. The lowest BCUT2D eigenvalue weighted by molar-refractivity contribution is -0.0484. The fourth-order valence-corrected chi connectivity index (χ4v) is 2.93. The van der Waals surface area contributed by atoms with Crippen LogP contribution in [0.25, 0.3) is 0 Å². The van der Waals surface area contributed by atoms with Crippen molar-refractivity contribution in [2.24, 2.45) is 5.41 Å². The summed E-state index contributed by atoms with van der Waals surface area (Å²) in [7, 11) is 0. The van der Waals surface area contributed by atoms with Crippen molar-refractivity contribution in [3.8, 4) is 6.07 Å². The Balaban J connectivity index is 1.96. The Morgan fingerprint density at radius 1 is 1.36 bits per heavy atom. The molecule has 0 radical (unpaired) electrons. The smallest absolute Gasteiger partial charge is 0.106 e. The molecule has 1 heterocycles. The molecule has 1 aliphatic carbocycles. The quantitative estimate of drug-likeness (QED) is 0.672. The van der Waals surface area contributed by atoms with Gasteiger partial charge >= 0.3 is 0 Å². The van der Waals surface area contributed by atoms with Gasteiger partial charge in [0.15, 0.2) is 0 Å². The molecule has 0 bridgehead atoms. The van der Waals surface area contributed by atoms with Crippen molar-refractivity contribution in [2.45, 2.75) is 51.5 Å². The average Bonchev–Trinajstić information content (AvgIpc) is 2.63. The van der Waals surface area contributed by atoms with Gasteiger partial charge in [0.2, 0.25) is 0 Å². The Hall–Kier alpha value is -0.550. The van der Waals surface area contributed by atoms with Gasteiger partial charge in [-0.2, -0.15) is 5.26 Å². The molecule has 78 valence electrons. The van der Waals surface area contributed by atoms with Crippen LogP contribution in [-0.4, -0.2) is 23.5 Å². The minimum absolute atomic E-state index is 0.201. The number of rotatable bonds is 2. The first-order valence-electron chi connectivity index (χ1n) is 5.80. The van der Waals surface area contributed by atoms with Crippen LogP contribution >= 0.6 is 0 Å². The summed E-state index contributed by atoms with van der Waals surface area (Å²) in [5, 5.41) is 9.16. The van der Waals surface area contributed by atoms with Crippen LogP contribution in [0.5, 0.6) is 0 Å². The van der Waals surface area contributed by atoms with Crippen molar-refractivity contribution in [3.05, 3.63) is 0 Å². The normalized spacial score (nSPS) is 29.5. The topological polar surface area (TPSA) is 27.0 Å². The second-order valence-electron chi connectivity index (χ2n) is 5.30. The molecule has 0 aromatic carbocycles. The lowest BCUT2D eigenvalue weighted by Crippen LogP contribution is -2.62. The Kier molecular flexibility index (Phi) is 2.31. The lowest BCUT2D eigenvalue weighted by atomic mass is 9.75. The summed E-state index contributed by atoms with van der Waals surface area (Å²) in [5.41, 5.74) is 0.418. The van der Waals surface area contributed by atoms with E-state index in [4.69, 9.17) is 5.26 Å². The van der Waals surface area contributed by atoms with Gasteiger partial charge in [-0.15, -0.1) is 0 Å². The third kappa shape index (κ3) is 1.35. The monoisotopic (exact) mass is 192 g/mol. The second-order valence-corrected chi connectivity index (χ2v) is 5.30. The van der Waals surface area contributed by atoms with Crippen LogP contribution in [0.15, 0.2) is 0 Å². The van der Waals surface area contributed by atoms with E-state index in [0.717, 1.165) is 6.42 Å². The molecular weight excluding hydrogens is 172 g/mol. The van der Waals surface area contributed by atoms with Gasteiger partial charge in [0, 0.05) is 13.1 Å². The molecule has 0 aromatic heterocycles. The van der Waals surface area contributed by atoms with Gasteiger partial charge in [0.05, 0.1) is 6.07 Å². The molecule has 0 amide bonds. The lowest BCUT2D eigenvalue weighted by Gasteiger charge is -2.54. The first kappa shape index (κ1) is 9.98. The van der Waals surface area contributed by atoms with E-state index in [1.807, 2.05) is 0 Å². The molecule has 1 saturated heterocycles. The summed E-state index contributed by atoms with van der Waals surface area (Å²) in [6.07, 6.45) is 6.55. The maximum atomic E-state index is 9.16. The average molecular weight is 192 g/mol. The zero-order valence-electron chi connectivity index (χ0n) is 9.34. The summed E-state index contributed by atoms with van der Waals surface area (Å²) in [4.78, 5) is 2.37. The molecule has 0 aromatic rings. The predicted molar refractivity (Wildman–Crippen MR) is 56.8 cm³/mol. The molecule has 1 spiro atoms. The molecule has 1 unspecified atom stereocenters. The fourth-order valence-electron chi connectivity index (χ4n) is 2.93. The molecule has 2 nitrogen and oxygen atoms in total. The molecule has 2 heteroatoms. The van der Waals surface area contributed by atoms with E-state index in [0.29, 0.717) is 5.41 Å². The SMILES string of the molecule is CCC(C)(C#N)N1CC2(CCCC2)C1. The highest BCUT2D eigenvalue weighted by molar-refractivity contribution is 5.12. The van der Waals surface area contributed by atoms with Crippen LogP contribution < -0.4 is 0 Å². The van der Waals surface area contributed by atoms with Gasteiger partial charge in [-0.1, -0.05) is 19.8 Å². The van der Waals surface area contributed by atoms with Gasteiger partial charge < -0.3 is 0 Å². The Labute approximate surface area is 86.9 Å². The van der Waals surface area contributed by atoms with E-state index < -0.39 is 0 Å². The van der Waals surface area contributed by atoms with Crippen molar-refractivity contribution in [1.29, 1.82) is 5.26 Å². The highest BCUT2D eigenvalue weighted by Crippen LogP contribution is 2.48. The van der Waals surface area contributed by atoms with Crippen LogP contribution in [0, 0.1) is 16.7 Å². The van der Waals surface area contributed by atoms with Crippen molar-refractivity contribution in [1.82, 2.24) is 4.90 Å². The van der Waals surface area contributed by atoms with E-state index in [9.17, 15) is 0 Å². The highest BCUT2D eigenvalue weighted by atomic mass is 15.3. The highest BCUT2D eigenvalue weighted by Gasteiger charge is 2.50. The summed E-state index contributed by atoms with van der Waals surface area (Å²) >= 11 is 0. The van der Waals surface area contributed by atoms with Gasteiger partial charge in [-0.25, -0.2) is 0 Å². The molecule has 1 atom stereocenters. The van der Waals surface area contributed by atoms with Crippen molar-refractivity contribution in [3.63, 3.8) is 0 Å². The predicted octanol–water partition coefficient (Wildman–Crippen LogP) is 2.55. The van der Waals surface area contributed by atoms with Gasteiger partial charge in [-0.3, -0.25) is 4.90 Å². The molecule has 14 heavy (non-hydrogen) atoms. The molecule has 2 aliphatic rings. The molecule has 1 saturated carbocycles. The zero-order chi connectivity index (χ0) is 10.2. The summed E-state index contributed by atoms with van der Waals surface area (Å²) < 4.78 is 0. The Bertz CT molecular complexity index is 252. The summed E-state index contributed by atoms with van der Waals surface area (Å²) in [6, 6.07) is 2.46. The molecular formula is C12H20N2. The second kappa shape index (κ2) is 3.24. The molecule has 2 fully saturated rings. The first-order chi connectivity index (χ1) is 6.64. The first-order valence-corrected chi connectivity index (χ1v) is 5.80. The minimum Gasteiger partial charge on any atom is -0.285 e. The standard InChI is InChI=1S/C12H20N2/c1-3-11(2,8-13)14-9-12(10-14)6-4-5-7-12/h3-7,9-10H2,1-2H3. The van der Waals surface area contributed by atoms with Crippen LogP contribution in [0.3, 0.4) is 0 Å². The Morgan fingerprint density at radius 3 is 2.36 bits per heavy atom. The van der Waals surface area contributed by atoms with Crippen LogP contribution in [0.1, 0.15) is 46.0 Å². The maximum absolute atomic E-state index is 9.16. The van der Waals surface area contributed by atoms with Gasteiger partial charge in [0.25, 0.3) is 0 Å². The van der Waals surface area contributed by atoms with Crippen molar-refractivity contribution < 1.29 is 0 Å². The number of hydrogen-bond donors (Lipinski definition) is 0. The van der Waals surface area contributed by atoms with Crippen LogP contribution in [0.4, 0.5) is 0 Å². The zero-order valence-corrected chi connectivity index (χ0v) is 9.34. The van der Waals surface area contributed by atoms with E-state index in [-0.39, 0.29) is 5.54 Å². The van der Waals surface area contributed by atoms with E-state index in [1.54, 1.807) is 0 Å². The van der Waals surface area contributed by atoms with Crippen molar-refractivity contribution in [2.75, 3.05) is 13.1 Å². The van der Waals surface area contributed by atoms with Crippen LogP contribution in [0.2, 0.25) is 0 Å². The van der Waals surface area contributed by atoms with E-state index in [2.05, 4.69) is 24.8 Å². The summed E-state index contributed by atoms with van der Waals surface area (Å²) in [6.45, 7) is 6.54. The number of nitriles is 1. The van der Waals surface area contributed by atoms with Gasteiger partial charge in [-0.05, 0) is 31.6 Å². The van der Waals surface area contributed by atoms with E-state index >= 15 is 0 Å². The fraction of sp³-hybridized carbons (Fsp3) is 0.917. The molecule has 2 rings (SSSR count). The summed E-state index contributed by atoms with van der Waals surface area (Å²) in [5.74, 6) is 0. The van der Waals surface area contributed by atoms with Crippen LogP contribution in [-0.2, 0) is 0 Å². The third-order valence-electron chi connectivity index (χ3n) is 4.34. The molecule has 0 N–H and O–H groups in total. The maximum Gasteiger partial charge on any atom is 0.106 e.